The van der Waals surface area contributed by atoms with Gasteiger partial charge in [0.25, 0.3) is 11.6 Å². The number of nitrogens with two attached hydrogens (primary N) is 1. The van der Waals surface area contributed by atoms with Crippen molar-refractivity contribution in [1.29, 1.82) is 0 Å². The third-order valence-electron chi connectivity index (χ3n) is 2.70. The van der Waals surface area contributed by atoms with Crippen LogP contribution in [0, 0.1) is 6.92 Å². The van der Waals surface area contributed by atoms with Crippen LogP contribution in [-0.4, -0.2) is 26.6 Å². The minimum atomic E-state index is -0.178. The van der Waals surface area contributed by atoms with Crippen molar-refractivity contribution in [2.45, 2.75) is 13.5 Å². The Balaban J connectivity index is 2.42. The second-order valence-corrected chi connectivity index (χ2v) is 4.66. The molecule has 0 aromatic carbocycles. The highest BCUT2D eigenvalue weighted by atomic mass is 32.1. The van der Waals surface area contributed by atoms with E-state index in [1.54, 1.807) is 25.3 Å². The van der Waals surface area contributed by atoms with Crippen molar-refractivity contribution in [3.63, 3.8) is 0 Å². The second kappa shape index (κ2) is 5.79. The number of hydrogen-bond acceptors (Lipinski definition) is 5. The smallest absolute Gasteiger partial charge is 0.299 e. The number of rotatable bonds is 4. The Morgan fingerprint density at radius 3 is 2.90 bits per heavy atom. The number of aromatic nitrogens is 3. The van der Waals surface area contributed by atoms with Crippen molar-refractivity contribution in [1.82, 2.24) is 14.5 Å². The van der Waals surface area contributed by atoms with Gasteiger partial charge in [-0.3, -0.25) is 14.3 Å². The molecule has 20 heavy (non-hydrogen) atoms. The van der Waals surface area contributed by atoms with Crippen LogP contribution in [0.25, 0.3) is 0 Å². The molecule has 2 aromatic heterocycles. The fourth-order valence-corrected chi connectivity index (χ4v) is 1.90. The second-order valence-electron chi connectivity index (χ2n) is 4.22. The van der Waals surface area contributed by atoms with Gasteiger partial charge in [-0.2, -0.15) is 0 Å². The summed E-state index contributed by atoms with van der Waals surface area (Å²) in [5.41, 5.74) is 7.34. The first-order valence-corrected chi connectivity index (χ1v) is 6.29. The molecule has 0 amide bonds. The minimum absolute atomic E-state index is 0.178. The summed E-state index contributed by atoms with van der Waals surface area (Å²) in [5, 5.41) is 0. The zero-order chi connectivity index (χ0) is 14.7. The van der Waals surface area contributed by atoms with E-state index in [1.165, 1.54) is 17.7 Å². The Morgan fingerprint density at radius 1 is 1.50 bits per heavy atom. The molecule has 6 nitrogen and oxygen atoms in total. The van der Waals surface area contributed by atoms with E-state index in [0.29, 0.717) is 17.9 Å². The van der Waals surface area contributed by atoms with E-state index < -0.39 is 0 Å². The van der Waals surface area contributed by atoms with Crippen molar-refractivity contribution in [3.8, 4) is 6.01 Å². The highest BCUT2D eigenvalue weighted by Gasteiger charge is 2.09. The number of pyridine rings is 1. The van der Waals surface area contributed by atoms with Gasteiger partial charge < -0.3 is 10.5 Å². The van der Waals surface area contributed by atoms with Crippen LogP contribution in [0.15, 0.2) is 29.2 Å². The number of aryl methyl sites for hydroxylation is 1. The first-order chi connectivity index (χ1) is 9.51. The third-order valence-corrected chi connectivity index (χ3v) is 2.91. The number of thiocarbonyl (C=S) groups is 1. The van der Waals surface area contributed by atoms with Gasteiger partial charge in [0.15, 0.2) is 0 Å². The Kier molecular flexibility index (Phi) is 4.09. The van der Waals surface area contributed by atoms with E-state index in [1.807, 2.05) is 0 Å². The summed E-state index contributed by atoms with van der Waals surface area (Å²) in [6.07, 6.45) is 1.60. The van der Waals surface area contributed by atoms with Crippen LogP contribution < -0.4 is 16.0 Å². The predicted octanol–water partition coefficient (Wildman–Crippen LogP) is 0.638. The normalized spacial score (nSPS) is 10.3. The molecule has 2 rings (SSSR count). The molecule has 2 N–H and O–H groups in total. The van der Waals surface area contributed by atoms with Crippen LogP contribution in [0.3, 0.4) is 0 Å². The van der Waals surface area contributed by atoms with Gasteiger partial charge in [0.2, 0.25) is 0 Å². The first kappa shape index (κ1) is 14.1. The number of methoxy groups -OCH3 is 1. The fraction of sp³-hybridized carbons (Fsp3) is 0.231. The fourth-order valence-electron chi connectivity index (χ4n) is 1.79. The topological polar surface area (TPSA) is 83.0 Å². The van der Waals surface area contributed by atoms with E-state index in [-0.39, 0.29) is 16.6 Å². The Bertz CT molecular complexity index is 712. The molecule has 0 atom stereocenters. The van der Waals surface area contributed by atoms with Gasteiger partial charge in [0.1, 0.15) is 4.99 Å². The molecule has 104 valence electrons. The lowest BCUT2D eigenvalue weighted by atomic mass is 10.2. The van der Waals surface area contributed by atoms with Crippen molar-refractivity contribution in [2.24, 2.45) is 5.73 Å². The van der Waals surface area contributed by atoms with Gasteiger partial charge in [0.05, 0.1) is 19.3 Å². The molecule has 0 saturated heterocycles. The van der Waals surface area contributed by atoms with E-state index in [9.17, 15) is 4.79 Å². The Morgan fingerprint density at radius 2 is 2.25 bits per heavy atom. The lowest BCUT2D eigenvalue weighted by molar-refractivity contribution is 0.350. The lowest BCUT2D eigenvalue weighted by Gasteiger charge is -2.11. The van der Waals surface area contributed by atoms with Crippen molar-refractivity contribution < 1.29 is 4.74 Å². The molecular formula is C13H14N4O2S. The van der Waals surface area contributed by atoms with Crippen molar-refractivity contribution >= 4 is 17.2 Å². The van der Waals surface area contributed by atoms with Crippen molar-refractivity contribution in [3.05, 3.63) is 51.7 Å². The largest absolute Gasteiger partial charge is 0.468 e. The molecule has 0 bridgehead atoms. The Hall–Kier alpha value is -2.28. The maximum atomic E-state index is 12.0. The maximum absolute atomic E-state index is 12.0. The average Bonchev–Trinajstić information content (AvgIpc) is 2.41. The quantitative estimate of drug-likeness (QED) is 0.832. The highest BCUT2D eigenvalue weighted by Crippen LogP contribution is 2.09. The summed E-state index contributed by atoms with van der Waals surface area (Å²) in [4.78, 5) is 20.5. The van der Waals surface area contributed by atoms with Gasteiger partial charge in [0, 0.05) is 18.0 Å². The van der Waals surface area contributed by atoms with Gasteiger partial charge in [-0.25, -0.2) is 4.98 Å². The number of nitrogens with zero attached hydrogens (tertiary/aromatic N) is 3. The maximum Gasteiger partial charge on any atom is 0.299 e. The van der Waals surface area contributed by atoms with E-state index in [4.69, 9.17) is 22.7 Å². The summed E-state index contributed by atoms with van der Waals surface area (Å²) in [6.45, 7) is 2.05. The van der Waals surface area contributed by atoms with Crippen LogP contribution in [0.5, 0.6) is 6.01 Å². The molecule has 2 heterocycles. The van der Waals surface area contributed by atoms with Crippen LogP contribution in [0.2, 0.25) is 0 Å². The zero-order valence-electron chi connectivity index (χ0n) is 11.2. The summed E-state index contributed by atoms with van der Waals surface area (Å²) in [5.74, 6) is 0. The molecule has 0 radical (unpaired) electrons. The number of hydrogen-bond donors (Lipinski definition) is 1. The molecule has 0 saturated carbocycles. The molecule has 0 aliphatic rings. The molecule has 7 heteroatoms. The van der Waals surface area contributed by atoms with Crippen LogP contribution in [0.1, 0.15) is 17.0 Å². The van der Waals surface area contributed by atoms with Crippen LogP contribution in [0.4, 0.5) is 0 Å². The monoisotopic (exact) mass is 290 g/mol. The van der Waals surface area contributed by atoms with Gasteiger partial charge in [-0.05, 0) is 24.6 Å². The summed E-state index contributed by atoms with van der Waals surface area (Å²) >= 11 is 4.89. The summed E-state index contributed by atoms with van der Waals surface area (Å²) in [7, 11) is 1.48. The molecule has 0 unspecified atom stereocenters. The zero-order valence-corrected chi connectivity index (χ0v) is 12.0. The van der Waals surface area contributed by atoms with Crippen LogP contribution in [-0.2, 0) is 6.54 Å². The minimum Gasteiger partial charge on any atom is -0.468 e. The van der Waals surface area contributed by atoms with Crippen molar-refractivity contribution in [2.75, 3.05) is 7.11 Å². The van der Waals surface area contributed by atoms with Gasteiger partial charge in [-0.15, -0.1) is 0 Å². The van der Waals surface area contributed by atoms with E-state index in [0.717, 1.165) is 5.56 Å². The molecular weight excluding hydrogens is 276 g/mol. The van der Waals surface area contributed by atoms with E-state index in [2.05, 4.69) is 9.97 Å². The van der Waals surface area contributed by atoms with Crippen LogP contribution >= 0.6 is 12.2 Å². The van der Waals surface area contributed by atoms with Gasteiger partial charge in [-0.1, -0.05) is 12.2 Å². The Labute approximate surface area is 121 Å². The SMILES string of the molecule is COc1nc(C)cc(=O)n1Cc1ccnc(C(N)=S)c1. The molecule has 2 aromatic rings. The summed E-state index contributed by atoms with van der Waals surface area (Å²) < 4.78 is 6.58. The highest BCUT2D eigenvalue weighted by molar-refractivity contribution is 7.80. The number of ether oxygens (including phenoxy) is 1. The van der Waals surface area contributed by atoms with E-state index >= 15 is 0 Å². The molecule has 0 spiro atoms. The lowest BCUT2D eigenvalue weighted by Crippen LogP contribution is -2.23. The molecule has 0 aliphatic heterocycles. The molecule has 0 aliphatic carbocycles. The first-order valence-electron chi connectivity index (χ1n) is 5.88. The molecule has 0 fully saturated rings. The third kappa shape index (κ3) is 3.00. The predicted molar refractivity (Wildman–Crippen MR) is 79.0 cm³/mol. The van der Waals surface area contributed by atoms with Gasteiger partial charge >= 0.3 is 0 Å². The standard InChI is InChI=1S/C13H14N4O2S/c1-8-5-11(18)17(13(16-8)19-2)7-9-3-4-15-10(6-9)12(14)20/h3-6H,7H2,1-2H3,(H2,14,20). The average molecular weight is 290 g/mol. The summed E-state index contributed by atoms with van der Waals surface area (Å²) in [6, 6.07) is 5.25.